The van der Waals surface area contributed by atoms with Gasteiger partial charge in [0.2, 0.25) is 0 Å². The number of amides is 1. The molecule has 104 valence electrons. The third-order valence-corrected chi connectivity index (χ3v) is 3.25. The maximum absolute atomic E-state index is 12.2. The molecule has 0 saturated heterocycles. The quantitative estimate of drug-likeness (QED) is 0.929. The van der Waals surface area contributed by atoms with Crippen molar-refractivity contribution in [2.24, 2.45) is 0 Å². The molecule has 2 aromatic carbocycles. The van der Waals surface area contributed by atoms with Crippen LogP contribution in [0.25, 0.3) is 0 Å². The fourth-order valence-electron chi connectivity index (χ4n) is 1.81. The maximum atomic E-state index is 12.2. The van der Waals surface area contributed by atoms with E-state index < -0.39 is 0 Å². The molecule has 2 aromatic rings. The van der Waals surface area contributed by atoms with Gasteiger partial charge < -0.3 is 10.1 Å². The van der Waals surface area contributed by atoms with E-state index >= 15 is 0 Å². The Balaban J connectivity index is 2.17. The van der Waals surface area contributed by atoms with Gasteiger partial charge in [0.05, 0.1) is 17.7 Å². The monoisotopic (exact) mass is 309 g/mol. The molecular formula is C15H13Cl2NO2. The van der Waals surface area contributed by atoms with Crippen LogP contribution >= 0.6 is 23.2 Å². The Bertz CT molecular complexity index is 615. The zero-order valence-electron chi connectivity index (χ0n) is 10.8. The molecule has 1 amide bonds. The predicted octanol–water partition coefficient (Wildman–Crippen LogP) is 3.93. The molecule has 0 aliphatic rings. The minimum Gasteiger partial charge on any atom is -0.494 e. The summed E-state index contributed by atoms with van der Waals surface area (Å²) in [4.78, 5) is 12.2. The largest absolute Gasteiger partial charge is 0.494 e. The molecule has 0 unspecified atom stereocenters. The number of rotatable bonds is 4. The lowest BCUT2D eigenvalue weighted by atomic mass is 10.1. The second-order valence-corrected chi connectivity index (χ2v) is 4.98. The highest BCUT2D eigenvalue weighted by atomic mass is 35.5. The van der Waals surface area contributed by atoms with E-state index in [9.17, 15) is 4.79 Å². The Morgan fingerprint density at radius 3 is 2.55 bits per heavy atom. The molecule has 20 heavy (non-hydrogen) atoms. The molecule has 0 radical (unpaired) electrons. The average Bonchev–Trinajstić information content (AvgIpc) is 2.45. The molecule has 0 aliphatic heterocycles. The topological polar surface area (TPSA) is 38.3 Å². The molecule has 3 nitrogen and oxygen atoms in total. The van der Waals surface area contributed by atoms with E-state index in [-0.39, 0.29) is 5.91 Å². The van der Waals surface area contributed by atoms with Gasteiger partial charge in [0.15, 0.2) is 0 Å². The maximum Gasteiger partial charge on any atom is 0.255 e. The summed E-state index contributed by atoms with van der Waals surface area (Å²) >= 11 is 11.9. The van der Waals surface area contributed by atoms with Gasteiger partial charge in [-0.25, -0.2) is 0 Å². The molecule has 1 N–H and O–H groups in total. The molecule has 0 fully saturated rings. The molecule has 0 spiro atoms. The van der Waals surface area contributed by atoms with Crippen molar-refractivity contribution in [2.45, 2.75) is 6.54 Å². The number of ether oxygens (including phenoxy) is 1. The van der Waals surface area contributed by atoms with E-state index in [1.165, 1.54) is 19.2 Å². The Morgan fingerprint density at radius 2 is 1.90 bits per heavy atom. The van der Waals surface area contributed by atoms with E-state index in [0.29, 0.717) is 27.9 Å². The smallest absolute Gasteiger partial charge is 0.255 e. The fraction of sp³-hybridized carbons (Fsp3) is 0.133. The fourth-order valence-corrected chi connectivity index (χ4v) is 2.38. The van der Waals surface area contributed by atoms with Crippen LogP contribution in [-0.4, -0.2) is 13.0 Å². The molecule has 0 atom stereocenters. The van der Waals surface area contributed by atoms with Gasteiger partial charge in [-0.2, -0.15) is 0 Å². The number of benzene rings is 2. The van der Waals surface area contributed by atoms with E-state index in [0.717, 1.165) is 5.56 Å². The van der Waals surface area contributed by atoms with Crippen molar-refractivity contribution in [3.63, 3.8) is 0 Å². The van der Waals surface area contributed by atoms with Crippen LogP contribution < -0.4 is 10.1 Å². The normalized spacial score (nSPS) is 10.2. The molecule has 0 aliphatic carbocycles. The van der Waals surface area contributed by atoms with Crippen molar-refractivity contribution in [3.05, 3.63) is 63.6 Å². The summed E-state index contributed by atoms with van der Waals surface area (Å²) in [5.74, 6) is 0.0386. The summed E-state index contributed by atoms with van der Waals surface area (Å²) in [5.41, 5.74) is 1.33. The van der Waals surface area contributed by atoms with E-state index in [2.05, 4.69) is 5.32 Å². The Morgan fingerprint density at radius 1 is 1.20 bits per heavy atom. The predicted molar refractivity (Wildman–Crippen MR) is 80.6 cm³/mol. The van der Waals surface area contributed by atoms with Crippen molar-refractivity contribution >= 4 is 29.1 Å². The number of nitrogens with one attached hydrogen (secondary N) is 1. The first-order chi connectivity index (χ1) is 9.61. The van der Waals surface area contributed by atoms with Crippen LogP contribution in [0.15, 0.2) is 42.5 Å². The Hall–Kier alpha value is -1.71. The third-order valence-electron chi connectivity index (χ3n) is 2.75. The summed E-state index contributed by atoms with van der Waals surface area (Å²) in [6, 6.07) is 12.7. The van der Waals surface area contributed by atoms with Gasteiger partial charge in [0, 0.05) is 11.6 Å². The van der Waals surface area contributed by atoms with E-state index in [1.807, 2.05) is 30.3 Å². The van der Waals surface area contributed by atoms with Crippen LogP contribution in [0, 0.1) is 0 Å². The SMILES string of the molecule is COc1c(Cl)cc(Cl)cc1C(=O)NCc1ccccc1. The lowest BCUT2D eigenvalue weighted by molar-refractivity contribution is 0.0948. The summed E-state index contributed by atoms with van der Waals surface area (Å²) in [6.07, 6.45) is 0. The van der Waals surface area contributed by atoms with Gasteiger partial charge in [-0.05, 0) is 17.7 Å². The van der Waals surface area contributed by atoms with Crippen LogP contribution in [0.4, 0.5) is 0 Å². The first kappa shape index (κ1) is 14.7. The van der Waals surface area contributed by atoms with E-state index in [4.69, 9.17) is 27.9 Å². The molecule has 0 saturated carbocycles. The zero-order chi connectivity index (χ0) is 14.5. The van der Waals surface area contributed by atoms with Crippen molar-refractivity contribution < 1.29 is 9.53 Å². The highest BCUT2D eigenvalue weighted by molar-refractivity contribution is 6.36. The van der Waals surface area contributed by atoms with Gasteiger partial charge in [-0.1, -0.05) is 53.5 Å². The molecule has 2 rings (SSSR count). The van der Waals surface area contributed by atoms with Crippen LogP contribution in [0.1, 0.15) is 15.9 Å². The van der Waals surface area contributed by atoms with Crippen LogP contribution in [-0.2, 0) is 6.54 Å². The summed E-state index contributed by atoms with van der Waals surface area (Å²) < 4.78 is 5.15. The van der Waals surface area contributed by atoms with Crippen LogP contribution in [0.2, 0.25) is 10.0 Å². The molecular weight excluding hydrogens is 297 g/mol. The highest BCUT2D eigenvalue weighted by Crippen LogP contribution is 2.32. The van der Waals surface area contributed by atoms with Crippen molar-refractivity contribution in [3.8, 4) is 5.75 Å². The summed E-state index contributed by atoms with van der Waals surface area (Å²) in [7, 11) is 1.46. The van der Waals surface area contributed by atoms with Crippen LogP contribution in [0.3, 0.4) is 0 Å². The lowest BCUT2D eigenvalue weighted by Crippen LogP contribution is -2.23. The van der Waals surface area contributed by atoms with E-state index in [1.54, 1.807) is 0 Å². The van der Waals surface area contributed by atoms with Crippen molar-refractivity contribution in [1.29, 1.82) is 0 Å². The number of carbonyl (C=O) groups is 1. The zero-order valence-corrected chi connectivity index (χ0v) is 12.3. The first-order valence-electron chi connectivity index (χ1n) is 5.97. The third kappa shape index (κ3) is 3.44. The van der Waals surface area contributed by atoms with Gasteiger partial charge in [0.1, 0.15) is 5.75 Å². The number of methoxy groups -OCH3 is 1. The second kappa shape index (κ2) is 6.64. The standard InChI is InChI=1S/C15H13Cl2NO2/c1-20-14-12(7-11(16)8-13(14)17)15(19)18-9-10-5-3-2-4-6-10/h2-8H,9H2,1H3,(H,18,19). The van der Waals surface area contributed by atoms with Gasteiger partial charge in [-0.15, -0.1) is 0 Å². The van der Waals surface area contributed by atoms with Gasteiger partial charge >= 0.3 is 0 Å². The highest BCUT2D eigenvalue weighted by Gasteiger charge is 2.16. The number of halogens is 2. The average molecular weight is 310 g/mol. The minimum absolute atomic E-state index is 0.282. The number of carbonyl (C=O) groups excluding carboxylic acids is 1. The number of hydrogen-bond donors (Lipinski definition) is 1. The van der Waals surface area contributed by atoms with Crippen molar-refractivity contribution in [2.75, 3.05) is 7.11 Å². The first-order valence-corrected chi connectivity index (χ1v) is 6.72. The van der Waals surface area contributed by atoms with Crippen LogP contribution in [0.5, 0.6) is 5.75 Å². The second-order valence-electron chi connectivity index (χ2n) is 4.14. The van der Waals surface area contributed by atoms with Gasteiger partial charge in [0.25, 0.3) is 5.91 Å². The summed E-state index contributed by atoms with van der Waals surface area (Å²) in [6.45, 7) is 0.424. The minimum atomic E-state index is -0.282. The Kier molecular flexibility index (Phi) is 4.88. The Labute approximate surface area is 127 Å². The van der Waals surface area contributed by atoms with Gasteiger partial charge in [-0.3, -0.25) is 4.79 Å². The van der Waals surface area contributed by atoms with Crippen molar-refractivity contribution in [1.82, 2.24) is 5.32 Å². The molecule has 0 bridgehead atoms. The molecule has 5 heteroatoms. The number of hydrogen-bond acceptors (Lipinski definition) is 2. The lowest BCUT2D eigenvalue weighted by Gasteiger charge is -2.11. The molecule has 0 heterocycles. The molecule has 0 aromatic heterocycles. The summed E-state index contributed by atoms with van der Waals surface area (Å²) in [5, 5.41) is 3.51.